The Morgan fingerprint density at radius 1 is 1.15 bits per heavy atom. The lowest BCUT2D eigenvalue weighted by atomic mass is 9.99. The summed E-state index contributed by atoms with van der Waals surface area (Å²) >= 11 is 0. The Bertz CT molecular complexity index is 760. The highest BCUT2D eigenvalue weighted by atomic mass is 16.5. The Balaban J connectivity index is 1.62. The second kappa shape index (κ2) is 8.79. The molecule has 0 amide bonds. The molecule has 1 saturated heterocycles. The van der Waals surface area contributed by atoms with Crippen LogP contribution in [0.5, 0.6) is 11.5 Å². The third-order valence-corrected chi connectivity index (χ3v) is 5.10. The smallest absolute Gasteiger partial charge is 0.160 e. The molecule has 2 aromatic rings. The number of nitrogens with one attached hydrogen (secondary N) is 1. The Morgan fingerprint density at radius 3 is 2.59 bits per heavy atom. The number of hydrogen-bond donors (Lipinski definition) is 2. The summed E-state index contributed by atoms with van der Waals surface area (Å²) in [6, 6.07) is 5.94. The molecule has 7 heteroatoms. The van der Waals surface area contributed by atoms with Crippen LogP contribution in [0.3, 0.4) is 0 Å². The van der Waals surface area contributed by atoms with Crippen LogP contribution in [0, 0.1) is 5.92 Å². The van der Waals surface area contributed by atoms with Gasteiger partial charge in [0, 0.05) is 19.6 Å². The van der Waals surface area contributed by atoms with Gasteiger partial charge < -0.3 is 25.4 Å². The van der Waals surface area contributed by atoms with Gasteiger partial charge in [0.15, 0.2) is 23.1 Å². The summed E-state index contributed by atoms with van der Waals surface area (Å²) in [6.45, 7) is 5.00. The quantitative estimate of drug-likeness (QED) is 0.774. The van der Waals surface area contributed by atoms with Crippen LogP contribution in [0.1, 0.15) is 25.3 Å². The van der Waals surface area contributed by atoms with Crippen LogP contribution in [0.4, 0.5) is 17.3 Å². The van der Waals surface area contributed by atoms with Gasteiger partial charge in [-0.2, -0.15) is 0 Å². The van der Waals surface area contributed by atoms with Crippen molar-refractivity contribution in [2.75, 3.05) is 49.8 Å². The number of nitrogen functional groups attached to an aromatic ring is 1. The zero-order valence-corrected chi connectivity index (χ0v) is 16.4. The number of aromatic nitrogens is 2. The molecule has 1 fully saturated rings. The Hall–Kier alpha value is -2.70. The first-order chi connectivity index (χ1) is 13.1. The molecule has 146 valence electrons. The van der Waals surface area contributed by atoms with Crippen molar-refractivity contribution >= 4 is 17.3 Å². The molecule has 2 heterocycles. The van der Waals surface area contributed by atoms with E-state index >= 15 is 0 Å². The molecule has 1 aromatic heterocycles. The van der Waals surface area contributed by atoms with E-state index in [1.807, 2.05) is 18.2 Å². The van der Waals surface area contributed by atoms with Crippen LogP contribution >= 0.6 is 0 Å². The first-order valence-electron chi connectivity index (χ1n) is 9.42. The van der Waals surface area contributed by atoms with Crippen LogP contribution in [0.15, 0.2) is 24.5 Å². The van der Waals surface area contributed by atoms with E-state index in [0.717, 1.165) is 48.3 Å². The molecular weight excluding hydrogens is 342 g/mol. The third-order valence-electron chi connectivity index (χ3n) is 5.10. The third kappa shape index (κ3) is 4.53. The highest BCUT2D eigenvalue weighted by molar-refractivity contribution is 5.75. The predicted molar refractivity (Wildman–Crippen MR) is 109 cm³/mol. The SMILES string of the molecule is COc1ccc(CCNc2ncnc(N3CCC(C)CC3)c2N)cc1OC. The van der Waals surface area contributed by atoms with Crippen LogP contribution in [0.2, 0.25) is 0 Å². The van der Waals surface area contributed by atoms with Crippen LogP contribution in [0.25, 0.3) is 0 Å². The zero-order chi connectivity index (χ0) is 19.2. The lowest BCUT2D eigenvalue weighted by molar-refractivity contribution is 0.354. The van der Waals surface area contributed by atoms with Gasteiger partial charge in [-0.1, -0.05) is 13.0 Å². The number of piperidine rings is 1. The van der Waals surface area contributed by atoms with Crippen LogP contribution in [-0.2, 0) is 6.42 Å². The number of methoxy groups -OCH3 is 2. The minimum absolute atomic E-state index is 0.624. The number of benzene rings is 1. The lowest BCUT2D eigenvalue weighted by Crippen LogP contribution is -2.34. The minimum atomic E-state index is 0.624. The molecule has 0 bridgehead atoms. The maximum atomic E-state index is 6.35. The Labute approximate surface area is 160 Å². The fourth-order valence-corrected chi connectivity index (χ4v) is 3.36. The summed E-state index contributed by atoms with van der Waals surface area (Å²) in [4.78, 5) is 11.0. The number of hydrogen-bond acceptors (Lipinski definition) is 7. The maximum Gasteiger partial charge on any atom is 0.160 e. The van der Waals surface area contributed by atoms with Gasteiger partial charge in [0.05, 0.1) is 14.2 Å². The van der Waals surface area contributed by atoms with Crippen molar-refractivity contribution in [3.8, 4) is 11.5 Å². The molecular formula is C20H29N5O2. The molecule has 0 atom stereocenters. The summed E-state index contributed by atoms with van der Waals surface area (Å²) in [5, 5.41) is 3.34. The first-order valence-corrected chi connectivity index (χ1v) is 9.42. The van der Waals surface area contributed by atoms with Crippen molar-refractivity contribution in [2.24, 2.45) is 5.92 Å². The monoisotopic (exact) mass is 371 g/mol. The van der Waals surface area contributed by atoms with Crippen LogP contribution < -0.4 is 25.4 Å². The Morgan fingerprint density at radius 2 is 1.89 bits per heavy atom. The van der Waals surface area contributed by atoms with Crippen molar-refractivity contribution in [1.29, 1.82) is 0 Å². The second-order valence-electron chi connectivity index (χ2n) is 7.00. The molecule has 0 spiro atoms. The molecule has 3 N–H and O–H groups in total. The summed E-state index contributed by atoms with van der Waals surface area (Å²) in [5.41, 5.74) is 8.12. The van der Waals surface area contributed by atoms with Crippen molar-refractivity contribution in [1.82, 2.24) is 9.97 Å². The van der Waals surface area contributed by atoms with Gasteiger partial charge in [0.1, 0.15) is 12.0 Å². The topological polar surface area (TPSA) is 85.5 Å². The van der Waals surface area contributed by atoms with Crippen molar-refractivity contribution in [3.63, 3.8) is 0 Å². The Kier molecular flexibility index (Phi) is 6.21. The number of anilines is 3. The van der Waals surface area contributed by atoms with E-state index in [1.54, 1.807) is 20.5 Å². The zero-order valence-electron chi connectivity index (χ0n) is 16.4. The summed E-state index contributed by atoms with van der Waals surface area (Å²) in [6.07, 6.45) is 4.75. The number of nitrogens with two attached hydrogens (primary N) is 1. The van der Waals surface area contributed by atoms with Gasteiger partial charge in [0.2, 0.25) is 0 Å². The van der Waals surface area contributed by atoms with Gasteiger partial charge >= 0.3 is 0 Å². The largest absolute Gasteiger partial charge is 0.493 e. The highest BCUT2D eigenvalue weighted by Crippen LogP contribution is 2.30. The molecule has 0 radical (unpaired) electrons. The average molecular weight is 371 g/mol. The summed E-state index contributed by atoms with van der Waals surface area (Å²) in [7, 11) is 3.28. The number of nitrogens with zero attached hydrogens (tertiary/aromatic N) is 3. The molecule has 27 heavy (non-hydrogen) atoms. The van der Waals surface area contributed by atoms with Crippen LogP contribution in [-0.4, -0.2) is 43.8 Å². The number of rotatable bonds is 7. The molecule has 0 saturated carbocycles. The van der Waals surface area contributed by atoms with Crippen molar-refractivity contribution in [2.45, 2.75) is 26.2 Å². The van der Waals surface area contributed by atoms with E-state index in [0.29, 0.717) is 18.1 Å². The van der Waals surface area contributed by atoms with E-state index in [4.69, 9.17) is 15.2 Å². The maximum absolute atomic E-state index is 6.35. The van der Waals surface area contributed by atoms with Gasteiger partial charge in [-0.05, 0) is 42.9 Å². The van der Waals surface area contributed by atoms with Gasteiger partial charge in [-0.25, -0.2) is 9.97 Å². The average Bonchev–Trinajstić information content (AvgIpc) is 2.70. The van der Waals surface area contributed by atoms with Crippen molar-refractivity contribution < 1.29 is 9.47 Å². The number of ether oxygens (including phenoxy) is 2. The molecule has 1 aliphatic rings. The summed E-state index contributed by atoms with van der Waals surface area (Å²) in [5.74, 6) is 3.76. The van der Waals surface area contributed by atoms with E-state index in [1.165, 1.54) is 12.8 Å². The van der Waals surface area contributed by atoms with Crippen molar-refractivity contribution in [3.05, 3.63) is 30.1 Å². The van der Waals surface area contributed by atoms with E-state index in [2.05, 4.69) is 27.1 Å². The molecule has 7 nitrogen and oxygen atoms in total. The summed E-state index contributed by atoms with van der Waals surface area (Å²) < 4.78 is 10.6. The normalized spacial score (nSPS) is 14.9. The van der Waals surface area contributed by atoms with E-state index in [-0.39, 0.29) is 0 Å². The standard InChI is InChI=1S/C20H29N5O2/c1-14-7-10-25(11-8-14)20-18(21)19(23-13-24-20)22-9-6-15-4-5-16(26-2)17(12-15)27-3/h4-5,12-14H,6-11,21H2,1-3H3,(H,22,23,24). The molecule has 3 rings (SSSR count). The molecule has 0 aliphatic carbocycles. The lowest BCUT2D eigenvalue weighted by Gasteiger charge is -2.32. The molecule has 1 aliphatic heterocycles. The first kappa shape index (κ1) is 19.1. The predicted octanol–water partition coefficient (Wildman–Crippen LogP) is 2.97. The fourth-order valence-electron chi connectivity index (χ4n) is 3.36. The second-order valence-corrected chi connectivity index (χ2v) is 7.00. The highest BCUT2D eigenvalue weighted by Gasteiger charge is 2.20. The van der Waals surface area contributed by atoms with E-state index in [9.17, 15) is 0 Å². The fraction of sp³-hybridized carbons (Fsp3) is 0.500. The minimum Gasteiger partial charge on any atom is -0.493 e. The molecule has 1 aromatic carbocycles. The van der Waals surface area contributed by atoms with Gasteiger partial charge in [-0.15, -0.1) is 0 Å². The van der Waals surface area contributed by atoms with E-state index < -0.39 is 0 Å². The van der Waals surface area contributed by atoms with Gasteiger partial charge in [-0.3, -0.25) is 0 Å². The molecule has 0 unspecified atom stereocenters. The van der Waals surface area contributed by atoms with Gasteiger partial charge in [0.25, 0.3) is 0 Å².